The Hall–Kier alpha value is -0.860. The molecule has 2 unspecified atom stereocenters. The molecular weight excluding hydrogens is 208 g/mol. The van der Waals surface area contributed by atoms with Crippen molar-refractivity contribution in [3.63, 3.8) is 0 Å². The lowest BCUT2D eigenvalue weighted by Gasteiger charge is -2.25. The molecule has 0 radical (unpaired) electrons. The van der Waals surface area contributed by atoms with Crippen molar-refractivity contribution in [2.75, 3.05) is 13.6 Å². The number of nitrogens with one attached hydrogen (secondary N) is 1. The largest absolute Gasteiger partial charge is 0.324 e. The molecule has 0 fully saturated rings. The number of rotatable bonds is 5. The molecule has 1 aromatic rings. The summed E-state index contributed by atoms with van der Waals surface area (Å²) in [5, 5.41) is 3.23. The maximum atomic E-state index is 6.42. The van der Waals surface area contributed by atoms with Gasteiger partial charge in [-0.3, -0.25) is 0 Å². The molecule has 0 saturated heterocycles. The number of nitrogens with two attached hydrogens (primary N) is 1. The van der Waals surface area contributed by atoms with Crippen LogP contribution in [0.25, 0.3) is 0 Å². The van der Waals surface area contributed by atoms with E-state index in [1.165, 1.54) is 22.3 Å². The van der Waals surface area contributed by atoms with Crippen molar-refractivity contribution in [3.8, 4) is 0 Å². The molecule has 0 spiro atoms. The molecule has 0 aliphatic rings. The van der Waals surface area contributed by atoms with Gasteiger partial charge in [0.15, 0.2) is 0 Å². The van der Waals surface area contributed by atoms with E-state index in [2.05, 4.69) is 45.1 Å². The predicted octanol–water partition coefficient (Wildman–Crippen LogP) is 2.86. The van der Waals surface area contributed by atoms with Crippen LogP contribution in [0.1, 0.15) is 41.6 Å². The van der Waals surface area contributed by atoms with E-state index in [9.17, 15) is 0 Å². The molecule has 0 amide bonds. The predicted molar refractivity (Wildman–Crippen MR) is 75.3 cm³/mol. The fraction of sp³-hybridized carbons (Fsp3) is 0.600. The van der Waals surface area contributed by atoms with E-state index in [-0.39, 0.29) is 6.04 Å². The number of hydrogen-bond acceptors (Lipinski definition) is 2. The smallest absolute Gasteiger partial charge is 0.0338 e. The second-order valence-corrected chi connectivity index (χ2v) is 4.97. The van der Waals surface area contributed by atoms with Gasteiger partial charge in [-0.1, -0.05) is 25.5 Å². The Kier molecular flexibility index (Phi) is 5.16. The van der Waals surface area contributed by atoms with Crippen molar-refractivity contribution in [2.24, 2.45) is 11.7 Å². The van der Waals surface area contributed by atoms with Gasteiger partial charge in [-0.2, -0.15) is 0 Å². The first-order valence-electron chi connectivity index (χ1n) is 6.49. The van der Waals surface area contributed by atoms with Crippen molar-refractivity contribution in [3.05, 3.63) is 34.4 Å². The number of benzene rings is 1. The van der Waals surface area contributed by atoms with Gasteiger partial charge in [0.25, 0.3) is 0 Å². The van der Waals surface area contributed by atoms with Crippen molar-refractivity contribution in [1.29, 1.82) is 0 Å². The lowest BCUT2D eigenvalue weighted by Crippen LogP contribution is -2.30. The van der Waals surface area contributed by atoms with Crippen LogP contribution in [0.4, 0.5) is 0 Å². The molecule has 2 heteroatoms. The van der Waals surface area contributed by atoms with Crippen LogP contribution in [-0.4, -0.2) is 13.6 Å². The lowest BCUT2D eigenvalue weighted by atomic mass is 9.86. The van der Waals surface area contributed by atoms with E-state index in [4.69, 9.17) is 5.73 Å². The Balaban J connectivity index is 3.03. The van der Waals surface area contributed by atoms with Crippen molar-refractivity contribution < 1.29 is 0 Å². The van der Waals surface area contributed by atoms with Gasteiger partial charge >= 0.3 is 0 Å². The zero-order valence-electron chi connectivity index (χ0n) is 11.8. The molecule has 1 rings (SSSR count). The molecule has 1 aromatic carbocycles. The minimum Gasteiger partial charge on any atom is -0.324 e. The highest BCUT2D eigenvalue weighted by Gasteiger charge is 2.19. The highest BCUT2D eigenvalue weighted by molar-refractivity contribution is 5.40. The van der Waals surface area contributed by atoms with E-state index in [0.717, 1.165) is 13.0 Å². The summed E-state index contributed by atoms with van der Waals surface area (Å²) in [6.07, 6.45) is 1.11. The molecule has 0 aliphatic carbocycles. The average molecular weight is 234 g/mol. The van der Waals surface area contributed by atoms with E-state index in [1.54, 1.807) is 0 Å². The normalized spacial score (nSPS) is 14.7. The molecule has 96 valence electrons. The molecule has 0 aromatic heterocycles. The quantitative estimate of drug-likeness (QED) is 0.822. The van der Waals surface area contributed by atoms with Gasteiger partial charge in [-0.15, -0.1) is 0 Å². The summed E-state index contributed by atoms with van der Waals surface area (Å²) in [6.45, 7) is 9.70. The second-order valence-electron chi connectivity index (χ2n) is 4.97. The molecule has 2 nitrogen and oxygen atoms in total. The average Bonchev–Trinajstić information content (AvgIpc) is 2.32. The van der Waals surface area contributed by atoms with Crippen LogP contribution in [0.5, 0.6) is 0 Å². The lowest BCUT2D eigenvalue weighted by molar-refractivity contribution is 0.402. The molecular formula is C15H26N2. The first kappa shape index (κ1) is 14.2. The molecule has 0 heterocycles. The molecule has 17 heavy (non-hydrogen) atoms. The van der Waals surface area contributed by atoms with Crippen molar-refractivity contribution in [2.45, 2.75) is 40.2 Å². The highest BCUT2D eigenvalue weighted by Crippen LogP contribution is 2.27. The Morgan fingerprint density at radius 3 is 2.35 bits per heavy atom. The standard InChI is InChI=1S/C15H26N2/c1-6-13(9-17-5)15(16)14-8-7-10(2)11(3)12(14)4/h7-8,13,15,17H,6,9,16H2,1-5H3. The fourth-order valence-electron chi connectivity index (χ4n) is 2.38. The van der Waals surface area contributed by atoms with Crippen LogP contribution >= 0.6 is 0 Å². The molecule has 2 atom stereocenters. The van der Waals surface area contributed by atoms with Gasteiger partial charge in [0.1, 0.15) is 0 Å². The summed E-state index contributed by atoms with van der Waals surface area (Å²) in [6, 6.07) is 4.51. The maximum Gasteiger partial charge on any atom is 0.0338 e. The van der Waals surface area contributed by atoms with Gasteiger partial charge < -0.3 is 11.1 Å². The monoisotopic (exact) mass is 234 g/mol. The molecule has 0 saturated carbocycles. The fourth-order valence-corrected chi connectivity index (χ4v) is 2.38. The summed E-state index contributed by atoms with van der Waals surface area (Å²) in [7, 11) is 1.99. The third-order valence-corrected chi connectivity index (χ3v) is 3.96. The van der Waals surface area contributed by atoms with Crippen LogP contribution in [0.2, 0.25) is 0 Å². The van der Waals surface area contributed by atoms with Crippen LogP contribution < -0.4 is 11.1 Å². The summed E-state index contributed by atoms with van der Waals surface area (Å²) >= 11 is 0. The Morgan fingerprint density at radius 2 is 1.82 bits per heavy atom. The van der Waals surface area contributed by atoms with Gasteiger partial charge in [-0.05, 0) is 62.5 Å². The zero-order valence-corrected chi connectivity index (χ0v) is 11.8. The topological polar surface area (TPSA) is 38.0 Å². The van der Waals surface area contributed by atoms with E-state index in [1.807, 2.05) is 7.05 Å². The van der Waals surface area contributed by atoms with Gasteiger partial charge in [0.05, 0.1) is 0 Å². The molecule has 0 aliphatic heterocycles. The van der Waals surface area contributed by atoms with Crippen LogP contribution in [0.3, 0.4) is 0 Å². The van der Waals surface area contributed by atoms with E-state index >= 15 is 0 Å². The van der Waals surface area contributed by atoms with Crippen LogP contribution in [0.15, 0.2) is 12.1 Å². The van der Waals surface area contributed by atoms with Crippen molar-refractivity contribution >= 4 is 0 Å². The maximum absolute atomic E-state index is 6.42. The highest BCUT2D eigenvalue weighted by atomic mass is 14.8. The number of aryl methyl sites for hydroxylation is 1. The second kappa shape index (κ2) is 6.18. The minimum absolute atomic E-state index is 0.131. The third kappa shape index (κ3) is 3.08. The Labute approximate surface area is 106 Å². The van der Waals surface area contributed by atoms with Gasteiger partial charge in [0, 0.05) is 6.04 Å². The summed E-state index contributed by atoms with van der Waals surface area (Å²) in [4.78, 5) is 0. The van der Waals surface area contributed by atoms with Gasteiger partial charge in [0.2, 0.25) is 0 Å². The minimum atomic E-state index is 0.131. The zero-order chi connectivity index (χ0) is 13.0. The first-order valence-corrected chi connectivity index (χ1v) is 6.49. The first-order chi connectivity index (χ1) is 8.02. The summed E-state index contributed by atoms with van der Waals surface area (Å²) in [5.41, 5.74) is 11.8. The summed E-state index contributed by atoms with van der Waals surface area (Å²) < 4.78 is 0. The SMILES string of the molecule is CCC(CNC)C(N)c1ccc(C)c(C)c1C. The van der Waals surface area contributed by atoms with Crippen LogP contribution in [0, 0.1) is 26.7 Å². The van der Waals surface area contributed by atoms with Gasteiger partial charge in [-0.25, -0.2) is 0 Å². The Morgan fingerprint density at radius 1 is 1.18 bits per heavy atom. The number of hydrogen-bond donors (Lipinski definition) is 2. The van der Waals surface area contributed by atoms with E-state index < -0.39 is 0 Å². The van der Waals surface area contributed by atoms with Crippen LogP contribution in [-0.2, 0) is 0 Å². The third-order valence-electron chi connectivity index (χ3n) is 3.96. The molecule has 0 bridgehead atoms. The van der Waals surface area contributed by atoms with Crippen molar-refractivity contribution in [1.82, 2.24) is 5.32 Å². The van der Waals surface area contributed by atoms with E-state index in [0.29, 0.717) is 5.92 Å². The Bertz CT molecular complexity index is 371. The molecule has 3 N–H and O–H groups in total. The summed E-state index contributed by atoms with van der Waals surface area (Å²) in [5.74, 6) is 0.501.